The molecular weight excluding hydrogens is 261 g/mol. The van der Waals surface area contributed by atoms with Gasteiger partial charge in [-0.3, -0.25) is 4.39 Å². The van der Waals surface area contributed by atoms with Crippen molar-refractivity contribution in [1.82, 2.24) is 0 Å². The average molecular weight is 280 g/mol. The number of halogens is 2. The monoisotopic (exact) mass is 279 g/mol. The van der Waals surface area contributed by atoms with E-state index in [0.717, 1.165) is 0 Å². The smallest absolute Gasteiger partial charge is 0.164 e. The molecule has 0 radical (unpaired) electrons. The highest BCUT2D eigenvalue weighted by atomic mass is 35.5. The van der Waals surface area contributed by atoms with Crippen LogP contribution in [-0.2, 0) is 0 Å². The van der Waals surface area contributed by atoms with Gasteiger partial charge in [0.15, 0.2) is 11.5 Å². The lowest BCUT2D eigenvalue weighted by atomic mass is 10.0. The first kappa shape index (κ1) is 16.8. The number of benzene rings is 1. The first-order valence-electron chi connectivity index (χ1n) is 5.29. The topological polar surface area (TPSA) is 53.7 Å². The molecule has 0 saturated heterocycles. The molecule has 0 aliphatic carbocycles. The Morgan fingerprint density at radius 1 is 1.06 bits per heavy atom. The number of hydrogen-bond donors (Lipinski definition) is 1. The maximum Gasteiger partial charge on any atom is 0.164 e. The number of nitrogens with two attached hydrogens (primary N) is 1. The zero-order valence-corrected chi connectivity index (χ0v) is 11.6. The molecule has 1 rings (SSSR count). The van der Waals surface area contributed by atoms with Crippen molar-refractivity contribution in [2.45, 2.75) is 12.5 Å². The summed E-state index contributed by atoms with van der Waals surface area (Å²) in [6, 6.07) is 2.99. The summed E-state index contributed by atoms with van der Waals surface area (Å²) in [6.45, 7) is -0.474. The molecule has 1 aromatic carbocycles. The Morgan fingerprint density at radius 2 is 1.56 bits per heavy atom. The van der Waals surface area contributed by atoms with Crippen molar-refractivity contribution in [3.05, 3.63) is 17.7 Å². The van der Waals surface area contributed by atoms with Crippen molar-refractivity contribution in [2.75, 3.05) is 28.0 Å². The van der Waals surface area contributed by atoms with Crippen LogP contribution in [0.1, 0.15) is 18.0 Å². The Hall–Kier alpha value is -1.20. The average Bonchev–Trinajstić information content (AvgIpc) is 2.37. The molecule has 6 heteroatoms. The van der Waals surface area contributed by atoms with E-state index in [1.54, 1.807) is 19.2 Å². The fourth-order valence-electron chi connectivity index (χ4n) is 1.62. The van der Waals surface area contributed by atoms with E-state index in [9.17, 15) is 4.39 Å². The molecule has 0 fully saturated rings. The van der Waals surface area contributed by atoms with E-state index in [1.807, 2.05) is 0 Å². The van der Waals surface area contributed by atoms with Crippen molar-refractivity contribution < 1.29 is 18.6 Å². The van der Waals surface area contributed by atoms with Gasteiger partial charge in [0.05, 0.1) is 28.0 Å². The van der Waals surface area contributed by atoms with Crippen molar-refractivity contribution in [1.29, 1.82) is 0 Å². The van der Waals surface area contributed by atoms with Gasteiger partial charge >= 0.3 is 0 Å². The van der Waals surface area contributed by atoms with Gasteiger partial charge in [-0.15, -0.1) is 12.4 Å². The quantitative estimate of drug-likeness (QED) is 0.869. The first-order valence-corrected chi connectivity index (χ1v) is 5.29. The molecule has 0 bridgehead atoms. The highest BCUT2D eigenvalue weighted by Crippen LogP contribution is 2.37. The van der Waals surface area contributed by atoms with E-state index in [-0.39, 0.29) is 18.8 Å². The molecule has 0 unspecified atom stereocenters. The van der Waals surface area contributed by atoms with Gasteiger partial charge in [0.25, 0.3) is 0 Å². The Labute approximate surface area is 113 Å². The van der Waals surface area contributed by atoms with Gasteiger partial charge in [-0.05, 0) is 12.5 Å². The van der Waals surface area contributed by atoms with Gasteiger partial charge in [-0.1, -0.05) is 0 Å². The molecular formula is C12H19ClFNO3. The van der Waals surface area contributed by atoms with Crippen LogP contribution in [0.4, 0.5) is 4.39 Å². The number of rotatable bonds is 6. The lowest BCUT2D eigenvalue weighted by Crippen LogP contribution is -2.12. The zero-order chi connectivity index (χ0) is 12.8. The lowest BCUT2D eigenvalue weighted by molar-refractivity contribution is 0.345. The molecule has 0 spiro atoms. The second-order valence-electron chi connectivity index (χ2n) is 3.53. The highest BCUT2D eigenvalue weighted by molar-refractivity contribution is 5.85. The number of ether oxygens (including phenoxy) is 3. The summed E-state index contributed by atoms with van der Waals surface area (Å²) in [4.78, 5) is 0. The summed E-state index contributed by atoms with van der Waals surface area (Å²) in [5.74, 6) is 1.68. The third-order valence-electron chi connectivity index (χ3n) is 2.56. The second-order valence-corrected chi connectivity index (χ2v) is 3.53. The minimum Gasteiger partial charge on any atom is -0.496 e. The van der Waals surface area contributed by atoms with E-state index in [4.69, 9.17) is 19.9 Å². The van der Waals surface area contributed by atoms with Crippen molar-refractivity contribution in [3.8, 4) is 17.2 Å². The van der Waals surface area contributed by atoms with Gasteiger partial charge in [0.1, 0.15) is 5.75 Å². The fourth-order valence-corrected chi connectivity index (χ4v) is 1.62. The maximum absolute atomic E-state index is 12.3. The van der Waals surface area contributed by atoms with Crippen LogP contribution in [0.25, 0.3) is 0 Å². The van der Waals surface area contributed by atoms with Gasteiger partial charge in [-0.2, -0.15) is 0 Å². The molecule has 1 atom stereocenters. The largest absolute Gasteiger partial charge is 0.496 e. The van der Waals surface area contributed by atoms with Gasteiger partial charge < -0.3 is 19.9 Å². The maximum atomic E-state index is 12.3. The molecule has 0 amide bonds. The predicted molar refractivity (Wildman–Crippen MR) is 70.9 cm³/mol. The summed E-state index contributed by atoms with van der Waals surface area (Å²) < 4.78 is 27.9. The Kier molecular flexibility index (Phi) is 7.47. The van der Waals surface area contributed by atoms with Crippen LogP contribution in [-0.4, -0.2) is 28.0 Å². The summed E-state index contributed by atoms with van der Waals surface area (Å²) in [7, 11) is 4.61. The Morgan fingerprint density at radius 3 is 2.00 bits per heavy atom. The molecule has 104 valence electrons. The standard InChI is InChI=1S/C12H18FNO3.ClH/c1-15-10-7-12(17-3)11(16-2)6-8(10)9(14)4-5-13;/h6-7,9H,4-5,14H2,1-3H3;1H/t9-;/m0./s1. The van der Waals surface area contributed by atoms with Crippen molar-refractivity contribution in [2.24, 2.45) is 5.73 Å². The SMILES string of the molecule is COc1cc(OC)c([C@@H](N)CCF)cc1OC.Cl. The molecule has 1 aromatic rings. The highest BCUT2D eigenvalue weighted by Gasteiger charge is 2.16. The van der Waals surface area contributed by atoms with E-state index in [2.05, 4.69) is 0 Å². The lowest BCUT2D eigenvalue weighted by Gasteiger charge is -2.17. The van der Waals surface area contributed by atoms with Gasteiger partial charge in [0, 0.05) is 17.7 Å². The minimum atomic E-state index is -0.474. The number of alkyl halides is 1. The molecule has 0 saturated carbocycles. The molecule has 4 nitrogen and oxygen atoms in total. The van der Waals surface area contributed by atoms with Crippen LogP contribution >= 0.6 is 12.4 Å². The summed E-state index contributed by atoms with van der Waals surface area (Å²) in [6.07, 6.45) is 0.242. The molecule has 2 N–H and O–H groups in total. The predicted octanol–water partition coefficient (Wildman–Crippen LogP) is 2.49. The molecule has 0 heterocycles. The van der Waals surface area contributed by atoms with Crippen molar-refractivity contribution >= 4 is 12.4 Å². The van der Waals surface area contributed by atoms with E-state index in [0.29, 0.717) is 22.8 Å². The van der Waals surface area contributed by atoms with Crippen LogP contribution in [0.3, 0.4) is 0 Å². The third kappa shape index (κ3) is 3.65. The zero-order valence-electron chi connectivity index (χ0n) is 10.7. The van der Waals surface area contributed by atoms with Crippen LogP contribution in [0.15, 0.2) is 12.1 Å². The fraction of sp³-hybridized carbons (Fsp3) is 0.500. The summed E-state index contributed by atoms with van der Waals surface area (Å²) in [5, 5.41) is 0. The second kappa shape index (κ2) is 8.00. The Bertz CT molecular complexity index is 377. The molecule has 0 aliphatic heterocycles. The number of hydrogen-bond acceptors (Lipinski definition) is 4. The number of methoxy groups -OCH3 is 3. The van der Waals surface area contributed by atoms with Crippen LogP contribution in [0.5, 0.6) is 17.2 Å². The minimum absolute atomic E-state index is 0. The normalized spacial score (nSPS) is 11.4. The van der Waals surface area contributed by atoms with Crippen LogP contribution in [0.2, 0.25) is 0 Å². The molecule has 0 aliphatic rings. The van der Waals surface area contributed by atoms with E-state index in [1.165, 1.54) is 14.2 Å². The molecule has 0 aromatic heterocycles. The summed E-state index contributed by atoms with van der Waals surface area (Å²) in [5.41, 5.74) is 6.59. The van der Waals surface area contributed by atoms with Crippen LogP contribution < -0.4 is 19.9 Å². The first-order chi connectivity index (χ1) is 8.17. The molecule has 18 heavy (non-hydrogen) atoms. The van der Waals surface area contributed by atoms with Gasteiger partial charge in [-0.25, -0.2) is 0 Å². The van der Waals surface area contributed by atoms with E-state index < -0.39 is 12.7 Å². The van der Waals surface area contributed by atoms with Crippen molar-refractivity contribution in [3.63, 3.8) is 0 Å². The Balaban J connectivity index is 0.00000289. The van der Waals surface area contributed by atoms with E-state index >= 15 is 0 Å². The van der Waals surface area contributed by atoms with Gasteiger partial charge in [0.2, 0.25) is 0 Å². The summed E-state index contributed by atoms with van der Waals surface area (Å²) >= 11 is 0. The van der Waals surface area contributed by atoms with Crippen LogP contribution in [0, 0.1) is 0 Å². The third-order valence-corrected chi connectivity index (χ3v) is 2.56.